The summed E-state index contributed by atoms with van der Waals surface area (Å²) >= 11 is 0. The molecule has 0 spiro atoms. The molecule has 0 saturated carbocycles. The number of aliphatic hydroxyl groups is 1. The molecule has 1 saturated heterocycles. The molecule has 0 bridgehead atoms. The van der Waals surface area contributed by atoms with Crippen LogP contribution in [-0.4, -0.2) is 55.5 Å². The summed E-state index contributed by atoms with van der Waals surface area (Å²) in [6, 6.07) is 6.53. The Morgan fingerprint density at radius 3 is 2.50 bits per heavy atom. The Balaban J connectivity index is 2.11. The van der Waals surface area contributed by atoms with E-state index in [-0.39, 0.29) is 11.5 Å². The van der Waals surface area contributed by atoms with E-state index >= 15 is 0 Å². The molecule has 1 aliphatic heterocycles. The molecule has 1 N–H and O–H groups in total. The number of sulfonamides is 1. The summed E-state index contributed by atoms with van der Waals surface area (Å²) in [5.74, 6) is 0. The van der Waals surface area contributed by atoms with Gasteiger partial charge in [-0.15, -0.1) is 0 Å². The van der Waals surface area contributed by atoms with Gasteiger partial charge in [0.2, 0.25) is 10.0 Å². The van der Waals surface area contributed by atoms with Crippen molar-refractivity contribution in [2.45, 2.75) is 24.8 Å². The van der Waals surface area contributed by atoms with Crippen LogP contribution in [0.1, 0.15) is 18.9 Å². The first-order valence-electron chi connectivity index (χ1n) is 7.00. The molecule has 0 unspecified atom stereocenters. The fourth-order valence-electron chi connectivity index (χ4n) is 2.46. The fraction of sp³-hybridized carbons (Fsp3) is 0.571. The summed E-state index contributed by atoms with van der Waals surface area (Å²) in [4.78, 5) is 2.56. The Hall–Kier alpha value is -0.950. The van der Waals surface area contributed by atoms with E-state index in [0.717, 1.165) is 26.1 Å². The number of rotatable bonds is 5. The minimum atomic E-state index is -3.44. The van der Waals surface area contributed by atoms with Gasteiger partial charge < -0.3 is 10.0 Å². The van der Waals surface area contributed by atoms with Crippen LogP contribution in [0.4, 0.5) is 0 Å². The molecule has 1 aromatic rings. The van der Waals surface area contributed by atoms with Crippen molar-refractivity contribution in [2.24, 2.45) is 0 Å². The normalized spacial score (nSPS) is 18.3. The van der Waals surface area contributed by atoms with Crippen molar-refractivity contribution in [3.05, 3.63) is 29.8 Å². The van der Waals surface area contributed by atoms with Crippen LogP contribution in [0.25, 0.3) is 0 Å². The fourth-order valence-corrected chi connectivity index (χ4v) is 3.96. The zero-order chi connectivity index (χ0) is 14.6. The summed E-state index contributed by atoms with van der Waals surface area (Å²) in [5.41, 5.74) is 0.621. The van der Waals surface area contributed by atoms with Gasteiger partial charge in [-0.3, -0.25) is 0 Å². The molecule has 0 amide bonds. The molecule has 20 heavy (non-hydrogen) atoms. The number of nitrogens with zero attached hydrogens (tertiary/aromatic N) is 2. The number of piperazine rings is 1. The third-order valence-corrected chi connectivity index (χ3v) is 5.48. The van der Waals surface area contributed by atoms with Crippen LogP contribution in [0, 0.1) is 0 Å². The van der Waals surface area contributed by atoms with Crippen LogP contribution in [0.15, 0.2) is 29.2 Å². The lowest BCUT2D eigenvalue weighted by atomic mass is 10.2. The molecule has 0 radical (unpaired) electrons. The predicted octanol–water partition coefficient (Wildman–Crippen LogP) is 0.895. The van der Waals surface area contributed by atoms with Gasteiger partial charge in [0, 0.05) is 26.2 Å². The Morgan fingerprint density at radius 2 is 1.90 bits per heavy atom. The third-order valence-electron chi connectivity index (χ3n) is 3.59. The van der Waals surface area contributed by atoms with E-state index in [9.17, 15) is 8.42 Å². The predicted molar refractivity (Wildman–Crippen MR) is 77.9 cm³/mol. The van der Waals surface area contributed by atoms with Gasteiger partial charge in [-0.1, -0.05) is 19.1 Å². The van der Waals surface area contributed by atoms with E-state index in [4.69, 9.17) is 5.11 Å². The van der Waals surface area contributed by atoms with Crippen LogP contribution < -0.4 is 0 Å². The average molecular weight is 298 g/mol. The minimum Gasteiger partial charge on any atom is -0.392 e. The summed E-state index contributed by atoms with van der Waals surface area (Å²) in [7, 11) is -3.44. The summed E-state index contributed by atoms with van der Waals surface area (Å²) in [6.07, 6.45) is 1.09. The maximum absolute atomic E-state index is 12.5. The van der Waals surface area contributed by atoms with Crippen LogP contribution in [0.2, 0.25) is 0 Å². The van der Waals surface area contributed by atoms with Crippen molar-refractivity contribution in [2.75, 3.05) is 32.7 Å². The number of hydrogen-bond donors (Lipinski definition) is 1. The molecule has 2 rings (SSSR count). The lowest BCUT2D eigenvalue weighted by molar-refractivity contribution is 0.188. The highest BCUT2D eigenvalue weighted by Crippen LogP contribution is 2.19. The van der Waals surface area contributed by atoms with Crippen LogP contribution >= 0.6 is 0 Å². The minimum absolute atomic E-state index is 0.145. The van der Waals surface area contributed by atoms with Gasteiger partial charge in [0.25, 0.3) is 0 Å². The van der Waals surface area contributed by atoms with E-state index in [1.165, 1.54) is 4.31 Å². The second-order valence-electron chi connectivity index (χ2n) is 5.05. The standard InChI is InChI=1S/C14H22N2O3S/c1-2-6-15-7-9-16(10-8-15)20(18,19)14-5-3-4-13(11-14)12-17/h3-5,11,17H,2,6-10,12H2,1H3. The average Bonchev–Trinajstić information content (AvgIpc) is 2.48. The van der Waals surface area contributed by atoms with Crippen molar-refractivity contribution in [1.82, 2.24) is 9.21 Å². The Kier molecular flexibility index (Phi) is 5.15. The quantitative estimate of drug-likeness (QED) is 0.877. The first-order valence-corrected chi connectivity index (χ1v) is 8.44. The Labute approximate surface area is 120 Å². The smallest absolute Gasteiger partial charge is 0.243 e. The third kappa shape index (κ3) is 3.38. The Morgan fingerprint density at radius 1 is 1.20 bits per heavy atom. The molecular formula is C14H22N2O3S. The first kappa shape index (κ1) is 15.4. The molecule has 1 aliphatic rings. The zero-order valence-corrected chi connectivity index (χ0v) is 12.6. The van der Waals surface area contributed by atoms with Gasteiger partial charge in [0.15, 0.2) is 0 Å². The summed E-state index contributed by atoms with van der Waals surface area (Å²) < 4.78 is 26.6. The van der Waals surface area contributed by atoms with E-state index in [1.54, 1.807) is 24.3 Å². The maximum atomic E-state index is 12.5. The maximum Gasteiger partial charge on any atom is 0.243 e. The van der Waals surface area contributed by atoms with Crippen molar-refractivity contribution < 1.29 is 13.5 Å². The highest BCUT2D eigenvalue weighted by molar-refractivity contribution is 7.89. The molecular weight excluding hydrogens is 276 g/mol. The van der Waals surface area contributed by atoms with Crippen LogP contribution in [0.3, 0.4) is 0 Å². The molecule has 0 aliphatic carbocycles. The van der Waals surface area contributed by atoms with Gasteiger partial charge in [-0.25, -0.2) is 8.42 Å². The lowest BCUT2D eigenvalue weighted by Crippen LogP contribution is -2.48. The summed E-state index contributed by atoms with van der Waals surface area (Å²) in [6.45, 7) is 5.64. The highest BCUT2D eigenvalue weighted by atomic mass is 32.2. The molecule has 112 valence electrons. The van der Waals surface area contributed by atoms with Crippen molar-refractivity contribution in [3.8, 4) is 0 Å². The van der Waals surface area contributed by atoms with E-state index < -0.39 is 10.0 Å². The Bertz CT molecular complexity index is 537. The van der Waals surface area contributed by atoms with Crippen molar-refractivity contribution in [3.63, 3.8) is 0 Å². The molecule has 1 aromatic carbocycles. The van der Waals surface area contributed by atoms with Gasteiger partial charge in [-0.2, -0.15) is 4.31 Å². The van der Waals surface area contributed by atoms with Crippen LogP contribution in [-0.2, 0) is 16.6 Å². The molecule has 1 heterocycles. The second kappa shape index (κ2) is 6.67. The van der Waals surface area contributed by atoms with Crippen LogP contribution in [0.5, 0.6) is 0 Å². The zero-order valence-electron chi connectivity index (χ0n) is 11.8. The van der Waals surface area contributed by atoms with Gasteiger partial charge in [-0.05, 0) is 30.7 Å². The number of hydrogen-bond acceptors (Lipinski definition) is 4. The van der Waals surface area contributed by atoms with E-state index in [0.29, 0.717) is 18.7 Å². The van der Waals surface area contributed by atoms with E-state index in [2.05, 4.69) is 11.8 Å². The number of aliphatic hydroxyl groups excluding tert-OH is 1. The lowest BCUT2D eigenvalue weighted by Gasteiger charge is -2.33. The second-order valence-corrected chi connectivity index (χ2v) is 6.99. The molecule has 6 heteroatoms. The van der Waals surface area contributed by atoms with Crippen molar-refractivity contribution in [1.29, 1.82) is 0 Å². The largest absolute Gasteiger partial charge is 0.392 e. The van der Waals surface area contributed by atoms with Gasteiger partial charge in [0.1, 0.15) is 0 Å². The molecule has 5 nitrogen and oxygen atoms in total. The molecule has 0 atom stereocenters. The molecule has 0 aromatic heterocycles. The topological polar surface area (TPSA) is 60.9 Å². The monoisotopic (exact) mass is 298 g/mol. The highest BCUT2D eigenvalue weighted by Gasteiger charge is 2.28. The van der Waals surface area contributed by atoms with Gasteiger partial charge in [0.05, 0.1) is 11.5 Å². The summed E-state index contributed by atoms with van der Waals surface area (Å²) in [5, 5.41) is 9.12. The number of benzene rings is 1. The van der Waals surface area contributed by atoms with E-state index in [1.807, 2.05) is 0 Å². The molecule has 1 fully saturated rings. The van der Waals surface area contributed by atoms with Crippen molar-refractivity contribution >= 4 is 10.0 Å². The SMILES string of the molecule is CCCN1CCN(S(=O)(=O)c2cccc(CO)c2)CC1. The first-order chi connectivity index (χ1) is 9.57. The van der Waals surface area contributed by atoms with Gasteiger partial charge >= 0.3 is 0 Å².